The lowest BCUT2D eigenvalue weighted by Crippen LogP contribution is -2.28. The Kier molecular flexibility index (Phi) is 4.26. The number of halogens is 2. The van der Waals surface area contributed by atoms with Crippen LogP contribution in [0.3, 0.4) is 0 Å². The lowest BCUT2D eigenvalue weighted by atomic mass is 9.83. The summed E-state index contributed by atoms with van der Waals surface area (Å²) in [6, 6.07) is 6.65. The molecule has 1 aromatic heterocycles. The van der Waals surface area contributed by atoms with Crippen LogP contribution < -0.4 is 0 Å². The van der Waals surface area contributed by atoms with E-state index in [1.54, 1.807) is 32.0 Å². The Balaban J connectivity index is 2.47. The number of carboxylic acid groups (broad SMARTS) is 1. The van der Waals surface area contributed by atoms with Crippen LogP contribution in [0.5, 0.6) is 0 Å². The molecule has 0 radical (unpaired) electrons. The average molecular weight is 305 g/mol. The third kappa shape index (κ3) is 2.98. The molecule has 0 aliphatic rings. The molecule has 0 saturated carbocycles. The number of nitrogens with zero attached hydrogens (tertiary/aromatic N) is 1. The number of hydrogen-bond donors (Lipinski definition) is 1. The third-order valence-corrected chi connectivity index (χ3v) is 3.81. The van der Waals surface area contributed by atoms with Gasteiger partial charge >= 0.3 is 5.97 Å². The van der Waals surface area contributed by atoms with E-state index < -0.39 is 17.8 Å². The van der Waals surface area contributed by atoms with Crippen molar-refractivity contribution in [2.24, 2.45) is 0 Å². The maximum absolute atomic E-state index is 12.8. The van der Waals surface area contributed by atoms with E-state index in [-0.39, 0.29) is 5.56 Å². The van der Waals surface area contributed by atoms with E-state index in [2.05, 4.69) is 4.98 Å². The highest BCUT2D eigenvalue weighted by Gasteiger charge is 2.29. The molecule has 0 aliphatic heterocycles. The van der Waals surface area contributed by atoms with Gasteiger partial charge in [-0.1, -0.05) is 18.2 Å². The van der Waals surface area contributed by atoms with Crippen molar-refractivity contribution < 1.29 is 18.7 Å². The lowest BCUT2D eigenvalue weighted by molar-refractivity contribution is -0.142. The molecule has 0 saturated heterocycles. The Hall–Kier alpha value is -2.30. The molecule has 0 atom stereocenters. The molecule has 1 aromatic carbocycles. The molecule has 0 spiro atoms. The molecule has 0 bridgehead atoms. The van der Waals surface area contributed by atoms with Gasteiger partial charge in [0.2, 0.25) is 0 Å². The summed E-state index contributed by atoms with van der Waals surface area (Å²) in [6.07, 6.45) is 0.0970. The van der Waals surface area contributed by atoms with Crippen LogP contribution in [0, 0.1) is 6.92 Å². The van der Waals surface area contributed by atoms with Crippen molar-refractivity contribution in [1.29, 1.82) is 0 Å². The van der Waals surface area contributed by atoms with Crippen molar-refractivity contribution >= 4 is 5.97 Å². The molecule has 1 heterocycles. The number of aliphatic carboxylic acids is 1. The minimum Gasteiger partial charge on any atom is -0.481 e. The van der Waals surface area contributed by atoms with E-state index in [0.29, 0.717) is 11.1 Å². The van der Waals surface area contributed by atoms with Gasteiger partial charge in [0.1, 0.15) is 0 Å². The first-order chi connectivity index (χ1) is 10.2. The van der Waals surface area contributed by atoms with Crippen LogP contribution in [0.4, 0.5) is 8.78 Å². The van der Waals surface area contributed by atoms with E-state index in [0.717, 1.165) is 17.3 Å². The predicted molar refractivity (Wildman–Crippen MR) is 80.0 cm³/mol. The Morgan fingerprint density at radius 3 is 2.45 bits per heavy atom. The summed E-state index contributed by atoms with van der Waals surface area (Å²) in [5, 5.41) is 9.28. The molecule has 1 N–H and O–H groups in total. The molecule has 0 fully saturated rings. The van der Waals surface area contributed by atoms with Crippen molar-refractivity contribution in [1.82, 2.24) is 4.98 Å². The number of alkyl halides is 2. The van der Waals surface area contributed by atoms with Gasteiger partial charge in [-0.05, 0) is 43.5 Å². The molecule has 2 aromatic rings. The van der Waals surface area contributed by atoms with Gasteiger partial charge in [0.25, 0.3) is 6.43 Å². The van der Waals surface area contributed by atoms with Gasteiger partial charge in [0.15, 0.2) is 0 Å². The number of carbonyl (C=O) groups is 1. The molecular formula is C17H17F2NO2. The number of pyridine rings is 1. The first-order valence-corrected chi connectivity index (χ1v) is 6.81. The summed E-state index contributed by atoms with van der Waals surface area (Å²) < 4.78 is 25.5. The van der Waals surface area contributed by atoms with Crippen LogP contribution in [-0.4, -0.2) is 16.1 Å². The van der Waals surface area contributed by atoms with Gasteiger partial charge in [-0.3, -0.25) is 9.78 Å². The highest BCUT2D eigenvalue weighted by Crippen LogP contribution is 2.31. The zero-order valence-corrected chi connectivity index (χ0v) is 12.6. The number of carboxylic acids is 1. The maximum atomic E-state index is 12.8. The zero-order chi connectivity index (χ0) is 16.5. The predicted octanol–water partition coefficient (Wildman–Crippen LogP) is 4.36. The molecule has 0 aliphatic carbocycles. The Morgan fingerprint density at radius 1 is 1.23 bits per heavy atom. The second-order valence-electron chi connectivity index (χ2n) is 5.77. The molecule has 0 amide bonds. The quantitative estimate of drug-likeness (QED) is 0.913. The molecule has 0 unspecified atom stereocenters. The smallest absolute Gasteiger partial charge is 0.313 e. The van der Waals surface area contributed by atoms with E-state index in [1.165, 1.54) is 12.3 Å². The van der Waals surface area contributed by atoms with E-state index in [1.807, 2.05) is 6.92 Å². The fraction of sp³-hybridized carbons (Fsp3) is 0.294. The van der Waals surface area contributed by atoms with Crippen molar-refractivity contribution in [3.8, 4) is 11.1 Å². The highest BCUT2D eigenvalue weighted by molar-refractivity contribution is 5.81. The maximum Gasteiger partial charge on any atom is 0.313 e. The van der Waals surface area contributed by atoms with E-state index in [9.17, 15) is 18.7 Å². The molecule has 5 heteroatoms. The summed E-state index contributed by atoms with van der Waals surface area (Å²) in [7, 11) is 0. The number of aryl methyl sites for hydroxylation is 1. The normalized spacial score (nSPS) is 11.7. The monoisotopic (exact) mass is 305 g/mol. The SMILES string of the molecule is Cc1cc(C(C)(C)C(=O)O)ccc1-c1cncc(C(F)F)c1. The summed E-state index contributed by atoms with van der Waals surface area (Å²) in [5.41, 5.74) is 1.70. The largest absolute Gasteiger partial charge is 0.481 e. The second-order valence-corrected chi connectivity index (χ2v) is 5.77. The van der Waals surface area contributed by atoms with Crippen LogP contribution >= 0.6 is 0 Å². The van der Waals surface area contributed by atoms with Gasteiger partial charge in [-0.25, -0.2) is 8.78 Å². The number of aromatic nitrogens is 1. The van der Waals surface area contributed by atoms with Crippen molar-refractivity contribution in [3.05, 3.63) is 53.3 Å². The molecule has 2 rings (SSSR count). The number of hydrogen-bond acceptors (Lipinski definition) is 2. The fourth-order valence-electron chi connectivity index (χ4n) is 2.22. The summed E-state index contributed by atoms with van der Waals surface area (Å²) in [6.45, 7) is 5.08. The third-order valence-electron chi connectivity index (χ3n) is 3.81. The van der Waals surface area contributed by atoms with E-state index in [4.69, 9.17) is 0 Å². The lowest BCUT2D eigenvalue weighted by Gasteiger charge is -2.21. The molecule has 22 heavy (non-hydrogen) atoms. The Bertz CT molecular complexity index is 712. The highest BCUT2D eigenvalue weighted by atomic mass is 19.3. The van der Waals surface area contributed by atoms with Crippen molar-refractivity contribution in [3.63, 3.8) is 0 Å². The van der Waals surface area contributed by atoms with Gasteiger partial charge in [-0.2, -0.15) is 0 Å². The van der Waals surface area contributed by atoms with Crippen molar-refractivity contribution in [2.45, 2.75) is 32.6 Å². The molecule has 116 valence electrons. The second kappa shape index (κ2) is 5.83. The summed E-state index contributed by atoms with van der Waals surface area (Å²) in [4.78, 5) is 15.2. The summed E-state index contributed by atoms with van der Waals surface area (Å²) >= 11 is 0. The first-order valence-electron chi connectivity index (χ1n) is 6.81. The van der Waals surface area contributed by atoms with Crippen LogP contribution in [0.15, 0.2) is 36.7 Å². The Morgan fingerprint density at radius 2 is 1.91 bits per heavy atom. The fourth-order valence-corrected chi connectivity index (χ4v) is 2.22. The molecule has 3 nitrogen and oxygen atoms in total. The Labute approximate surface area is 127 Å². The first kappa shape index (κ1) is 16.1. The van der Waals surface area contributed by atoms with Gasteiger partial charge in [0, 0.05) is 23.5 Å². The van der Waals surface area contributed by atoms with Crippen LogP contribution in [-0.2, 0) is 10.2 Å². The summed E-state index contributed by atoms with van der Waals surface area (Å²) in [5.74, 6) is -0.916. The van der Waals surface area contributed by atoms with E-state index >= 15 is 0 Å². The van der Waals surface area contributed by atoms with Crippen LogP contribution in [0.25, 0.3) is 11.1 Å². The minimum absolute atomic E-state index is 0.133. The van der Waals surface area contributed by atoms with Crippen LogP contribution in [0.1, 0.15) is 37.0 Å². The average Bonchev–Trinajstić information content (AvgIpc) is 2.47. The minimum atomic E-state index is -2.57. The van der Waals surface area contributed by atoms with Gasteiger partial charge in [0.05, 0.1) is 5.41 Å². The molecular weight excluding hydrogens is 288 g/mol. The van der Waals surface area contributed by atoms with Crippen molar-refractivity contribution in [2.75, 3.05) is 0 Å². The van der Waals surface area contributed by atoms with Crippen LogP contribution in [0.2, 0.25) is 0 Å². The standard InChI is InChI=1S/C17H17F2NO2/c1-10-6-13(17(2,3)16(21)22)4-5-14(10)11-7-12(15(18)19)9-20-8-11/h4-9,15H,1-3H3,(H,21,22). The number of rotatable bonds is 4. The van der Waals surface area contributed by atoms with Gasteiger partial charge < -0.3 is 5.11 Å². The topological polar surface area (TPSA) is 50.2 Å². The van der Waals surface area contributed by atoms with Gasteiger partial charge in [-0.15, -0.1) is 0 Å². The zero-order valence-electron chi connectivity index (χ0n) is 12.6. The number of benzene rings is 1.